The van der Waals surface area contributed by atoms with Crippen LogP contribution >= 0.6 is 11.6 Å². The van der Waals surface area contributed by atoms with Crippen molar-refractivity contribution >= 4 is 17.5 Å². The van der Waals surface area contributed by atoms with Crippen molar-refractivity contribution in [3.8, 4) is 0 Å². The lowest BCUT2D eigenvalue weighted by atomic mass is 9.83. The minimum absolute atomic E-state index is 0.0112. The molecule has 2 aliphatic rings. The summed E-state index contributed by atoms with van der Waals surface area (Å²) in [4.78, 5) is 15.0. The van der Waals surface area contributed by atoms with Gasteiger partial charge in [0, 0.05) is 18.1 Å². The zero-order valence-electron chi connectivity index (χ0n) is 12.3. The summed E-state index contributed by atoms with van der Waals surface area (Å²) in [6.45, 7) is 2.75. The molecule has 0 spiro atoms. The maximum atomic E-state index is 13.0. The van der Waals surface area contributed by atoms with Gasteiger partial charge >= 0.3 is 0 Å². The van der Waals surface area contributed by atoms with Crippen molar-refractivity contribution in [1.29, 1.82) is 0 Å². The van der Waals surface area contributed by atoms with E-state index in [-0.39, 0.29) is 11.8 Å². The second kappa shape index (κ2) is 6.80. The van der Waals surface area contributed by atoms with Crippen molar-refractivity contribution in [2.75, 3.05) is 26.3 Å². The summed E-state index contributed by atoms with van der Waals surface area (Å²) >= 11 is 5.99. The third-order valence-corrected chi connectivity index (χ3v) is 4.94. The highest BCUT2D eigenvalue weighted by atomic mass is 35.5. The first kappa shape index (κ1) is 14.9. The topological polar surface area (TPSA) is 29.5 Å². The molecule has 0 N–H and O–H groups in total. The molecule has 1 aromatic rings. The molecule has 1 atom stereocenters. The fraction of sp³-hybridized carbons (Fsp3) is 0.588. The highest BCUT2D eigenvalue weighted by Gasteiger charge is 2.35. The van der Waals surface area contributed by atoms with Crippen LogP contribution < -0.4 is 0 Å². The maximum Gasteiger partial charge on any atom is 0.230 e. The van der Waals surface area contributed by atoms with Crippen LogP contribution in [0.4, 0.5) is 0 Å². The van der Waals surface area contributed by atoms with Crippen LogP contribution in [-0.2, 0) is 9.53 Å². The molecule has 114 valence electrons. The standard InChI is InChI=1S/C17H22ClNO2/c18-15-7-5-14(6-8-15)16(13-3-1-2-4-13)17(20)19-9-11-21-12-10-19/h5-8,13,16H,1-4,9-12H2. The van der Waals surface area contributed by atoms with Crippen molar-refractivity contribution in [2.24, 2.45) is 5.92 Å². The van der Waals surface area contributed by atoms with Crippen LogP contribution in [0, 0.1) is 5.92 Å². The largest absolute Gasteiger partial charge is 0.378 e. The second-order valence-corrected chi connectivity index (χ2v) is 6.45. The quantitative estimate of drug-likeness (QED) is 0.855. The van der Waals surface area contributed by atoms with Gasteiger partial charge in [-0.15, -0.1) is 0 Å². The van der Waals surface area contributed by atoms with E-state index in [1.807, 2.05) is 29.2 Å². The van der Waals surface area contributed by atoms with E-state index >= 15 is 0 Å². The number of hydrogen-bond acceptors (Lipinski definition) is 2. The Morgan fingerprint density at radius 2 is 1.76 bits per heavy atom. The summed E-state index contributed by atoms with van der Waals surface area (Å²) in [5, 5.41) is 0.725. The molecule has 1 aliphatic carbocycles. The van der Waals surface area contributed by atoms with E-state index < -0.39 is 0 Å². The molecule has 1 unspecified atom stereocenters. The molecule has 1 aromatic carbocycles. The number of rotatable bonds is 3. The van der Waals surface area contributed by atoms with Gasteiger partial charge in [0.1, 0.15) is 0 Å². The van der Waals surface area contributed by atoms with Gasteiger partial charge in [0.25, 0.3) is 0 Å². The van der Waals surface area contributed by atoms with E-state index in [1.165, 1.54) is 12.8 Å². The molecule has 3 nitrogen and oxygen atoms in total. The zero-order chi connectivity index (χ0) is 14.7. The number of carbonyl (C=O) groups excluding carboxylic acids is 1. The maximum absolute atomic E-state index is 13.0. The van der Waals surface area contributed by atoms with Crippen molar-refractivity contribution < 1.29 is 9.53 Å². The number of amides is 1. The normalized spacial score (nSPS) is 21.5. The van der Waals surface area contributed by atoms with Gasteiger partial charge in [-0.1, -0.05) is 36.6 Å². The Bertz CT molecular complexity index is 476. The first-order valence-corrected chi connectivity index (χ1v) is 8.25. The van der Waals surface area contributed by atoms with Gasteiger partial charge in [0.05, 0.1) is 19.1 Å². The average molecular weight is 308 g/mol. The van der Waals surface area contributed by atoms with Crippen molar-refractivity contribution in [1.82, 2.24) is 4.90 Å². The van der Waals surface area contributed by atoms with E-state index in [2.05, 4.69) is 0 Å². The molecule has 21 heavy (non-hydrogen) atoms. The highest BCUT2D eigenvalue weighted by Crippen LogP contribution is 2.39. The third-order valence-electron chi connectivity index (χ3n) is 4.69. The van der Waals surface area contributed by atoms with E-state index in [9.17, 15) is 4.79 Å². The van der Waals surface area contributed by atoms with Gasteiger partial charge in [-0.2, -0.15) is 0 Å². The zero-order valence-corrected chi connectivity index (χ0v) is 13.0. The SMILES string of the molecule is O=C(C(c1ccc(Cl)cc1)C1CCCC1)N1CCOCC1. The Balaban J connectivity index is 1.84. The van der Waals surface area contributed by atoms with Crippen molar-refractivity contribution in [3.05, 3.63) is 34.9 Å². The summed E-state index contributed by atoms with van der Waals surface area (Å²) in [5.74, 6) is 0.733. The molecule has 2 fully saturated rings. The molecule has 4 heteroatoms. The average Bonchev–Trinajstić information content (AvgIpc) is 3.04. The predicted octanol–water partition coefficient (Wildman–Crippen LogP) is 3.47. The number of carbonyl (C=O) groups is 1. The number of hydrogen-bond donors (Lipinski definition) is 0. The van der Waals surface area contributed by atoms with E-state index in [1.54, 1.807) is 0 Å². The summed E-state index contributed by atoms with van der Waals surface area (Å²) in [5.41, 5.74) is 1.11. The number of benzene rings is 1. The molecule has 1 saturated heterocycles. The van der Waals surface area contributed by atoms with Crippen molar-refractivity contribution in [3.63, 3.8) is 0 Å². The minimum atomic E-state index is -0.0112. The van der Waals surface area contributed by atoms with Crippen LogP contribution in [0.3, 0.4) is 0 Å². The van der Waals surface area contributed by atoms with Gasteiger partial charge in [-0.25, -0.2) is 0 Å². The third kappa shape index (κ3) is 3.41. The number of morpholine rings is 1. The van der Waals surface area contributed by atoms with E-state index in [0.717, 1.165) is 36.5 Å². The first-order valence-electron chi connectivity index (χ1n) is 7.88. The molecular weight excluding hydrogens is 286 g/mol. The fourth-order valence-electron chi connectivity index (χ4n) is 3.56. The molecule has 1 aliphatic heterocycles. The van der Waals surface area contributed by atoms with Gasteiger partial charge < -0.3 is 9.64 Å². The number of halogens is 1. The molecule has 0 aromatic heterocycles. The summed E-state index contributed by atoms with van der Waals surface area (Å²) in [7, 11) is 0. The van der Waals surface area contributed by atoms with Gasteiger partial charge in [0.2, 0.25) is 5.91 Å². The Kier molecular flexibility index (Phi) is 4.81. The lowest BCUT2D eigenvalue weighted by molar-refractivity contribution is -0.138. The molecule has 1 amide bonds. The first-order chi connectivity index (χ1) is 10.3. The molecule has 1 heterocycles. The number of ether oxygens (including phenoxy) is 1. The number of nitrogens with zero attached hydrogens (tertiary/aromatic N) is 1. The summed E-state index contributed by atoms with van der Waals surface area (Å²) in [6, 6.07) is 7.82. The summed E-state index contributed by atoms with van der Waals surface area (Å²) in [6.07, 6.45) is 4.79. The Morgan fingerprint density at radius 1 is 1.14 bits per heavy atom. The van der Waals surface area contributed by atoms with Crippen LogP contribution in [0.1, 0.15) is 37.2 Å². The Labute approximate surface area is 131 Å². The Hall–Kier alpha value is -1.06. The van der Waals surface area contributed by atoms with Crippen molar-refractivity contribution in [2.45, 2.75) is 31.6 Å². The lowest BCUT2D eigenvalue weighted by Crippen LogP contribution is -2.44. The van der Waals surface area contributed by atoms with Crippen LogP contribution in [0.25, 0.3) is 0 Å². The van der Waals surface area contributed by atoms with E-state index in [4.69, 9.17) is 16.3 Å². The van der Waals surface area contributed by atoms with Crippen LogP contribution in [0.5, 0.6) is 0 Å². The highest BCUT2D eigenvalue weighted by molar-refractivity contribution is 6.30. The summed E-state index contributed by atoms with van der Waals surface area (Å²) < 4.78 is 5.37. The lowest BCUT2D eigenvalue weighted by Gasteiger charge is -2.33. The molecule has 1 saturated carbocycles. The molecule has 3 rings (SSSR count). The molecule has 0 radical (unpaired) electrons. The fourth-order valence-corrected chi connectivity index (χ4v) is 3.68. The second-order valence-electron chi connectivity index (χ2n) is 6.01. The monoisotopic (exact) mass is 307 g/mol. The van der Waals surface area contributed by atoms with Crippen LogP contribution in [-0.4, -0.2) is 37.1 Å². The molecule has 0 bridgehead atoms. The smallest absolute Gasteiger partial charge is 0.230 e. The van der Waals surface area contributed by atoms with Gasteiger partial charge in [-0.3, -0.25) is 4.79 Å². The van der Waals surface area contributed by atoms with Gasteiger partial charge in [-0.05, 0) is 36.5 Å². The van der Waals surface area contributed by atoms with Crippen LogP contribution in [0.2, 0.25) is 5.02 Å². The molecular formula is C17H22ClNO2. The predicted molar refractivity (Wildman–Crippen MR) is 83.6 cm³/mol. The van der Waals surface area contributed by atoms with Crippen LogP contribution in [0.15, 0.2) is 24.3 Å². The van der Waals surface area contributed by atoms with E-state index in [0.29, 0.717) is 19.1 Å². The Morgan fingerprint density at radius 3 is 2.38 bits per heavy atom. The minimum Gasteiger partial charge on any atom is -0.378 e. The van der Waals surface area contributed by atoms with Gasteiger partial charge in [0.15, 0.2) is 0 Å².